The number of anilines is 1. The summed E-state index contributed by atoms with van der Waals surface area (Å²) in [5, 5.41) is 4.46. The van der Waals surface area contributed by atoms with Gasteiger partial charge in [-0.05, 0) is 44.2 Å². The topological polar surface area (TPSA) is 75.5 Å². The van der Waals surface area contributed by atoms with Crippen molar-refractivity contribution in [2.24, 2.45) is 7.05 Å². The van der Waals surface area contributed by atoms with Crippen LogP contribution >= 0.6 is 0 Å². The Kier molecular flexibility index (Phi) is 5.40. The van der Waals surface area contributed by atoms with Crippen LogP contribution in [0.15, 0.2) is 29.3 Å². The van der Waals surface area contributed by atoms with Crippen molar-refractivity contribution in [2.75, 3.05) is 24.5 Å². The summed E-state index contributed by atoms with van der Waals surface area (Å²) in [5.41, 5.74) is 3.63. The van der Waals surface area contributed by atoms with Crippen molar-refractivity contribution in [3.8, 4) is 0 Å². The molecule has 3 heterocycles. The number of carbonyl (C=O) groups excluding carboxylic acids is 1. The molecular formula is C24H32N4O3S. The van der Waals surface area contributed by atoms with E-state index >= 15 is 0 Å². The van der Waals surface area contributed by atoms with Gasteiger partial charge in [0.25, 0.3) is 15.9 Å². The van der Waals surface area contributed by atoms with Gasteiger partial charge in [0, 0.05) is 43.9 Å². The first kappa shape index (κ1) is 21.6. The Labute approximate surface area is 190 Å². The number of piperidine rings is 1. The summed E-state index contributed by atoms with van der Waals surface area (Å²) < 4.78 is 29.2. The number of nitrogens with zero attached hydrogens (tertiary/aromatic N) is 4. The molecule has 0 bridgehead atoms. The SMILES string of the molecule is Cc1ccc2c(c1)C1(CCCCC1)CN2C(=O)c1cc(S(=O)(=O)N2CCCCC2)n(C)n1. The number of sulfonamides is 1. The van der Waals surface area contributed by atoms with Crippen LogP contribution in [-0.4, -0.2) is 48.0 Å². The van der Waals surface area contributed by atoms with Gasteiger partial charge in [0.15, 0.2) is 10.7 Å². The van der Waals surface area contributed by atoms with Crippen molar-refractivity contribution >= 4 is 21.6 Å². The largest absolute Gasteiger partial charge is 0.306 e. The fourth-order valence-electron chi connectivity index (χ4n) is 5.79. The van der Waals surface area contributed by atoms with E-state index in [1.54, 1.807) is 7.05 Å². The first-order chi connectivity index (χ1) is 15.3. The maximum Gasteiger partial charge on any atom is 0.278 e. The Morgan fingerprint density at radius 2 is 1.69 bits per heavy atom. The zero-order chi connectivity index (χ0) is 22.5. The third-order valence-corrected chi connectivity index (χ3v) is 9.46. The maximum absolute atomic E-state index is 13.6. The molecule has 1 amide bonds. The molecule has 7 nitrogen and oxygen atoms in total. The summed E-state index contributed by atoms with van der Waals surface area (Å²) >= 11 is 0. The molecule has 3 aliphatic rings. The number of hydrogen-bond acceptors (Lipinski definition) is 4. The molecule has 2 fully saturated rings. The normalized spacial score (nSPS) is 21.1. The number of carbonyl (C=O) groups is 1. The highest BCUT2D eigenvalue weighted by molar-refractivity contribution is 7.89. The van der Waals surface area contributed by atoms with E-state index in [0.717, 1.165) is 37.8 Å². The molecule has 0 radical (unpaired) electrons. The van der Waals surface area contributed by atoms with E-state index in [-0.39, 0.29) is 22.0 Å². The van der Waals surface area contributed by atoms with Crippen LogP contribution in [0.25, 0.3) is 0 Å². The Hall–Kier alpha value is -2.19. The summed E-state index contributed by atoms with van der Waals surface area (Å²) in [7, 11) is -2.05. The van der Waals surface area contributed by atoms with Crippen molar-refractivity contribution in [2.45, 2.75) is 68.7 Å². The van der Waals surface area contributed by atoms with Gasteiger partial charge < -0.3 is 4.90 Å². The third kappa shape index (κ3) is 3.48. The molecule has 0 unspecified atom stereocenters. The fourth-order valence-corrected chi connectivity index (χ4v) is 7.43. The molecule has 5 rings (SSSR count). The number of benzene rings is 1. The standard InChI is InChI=1S/C24H32N4O3S/c1-18-9-10-21-19(15-18)24(11-5-3-6-12-24)17-28(21)23(29)20-16-22(26(2)25-20)32(30,31)27-13-7-4-8-14-27/h9-10,15-16H,3-8,11-14,17H2,1-2H3. The highest BCUT2D eigenvalue weighted by Gasteiger charge is 2.46. The van der Waals surface area contributed by atoms with Gasteiger partial charge >= 0.3 is 0 Å². The van der Waals surface area contributed by atoms with E-state index in [1.165, 1.54) is 45.4 Å². The zero-order valence-electron chi connectivity index (χ0n) is 19.0. The summed E-state index contributed by atoms with van der Waals surface area (Å²) in [6, 6.07) is 7.79. The number of fused-ring (bicyclic) bond motifs is 2. The van der Waals surface area contributed by atoms with E-state index in [4.69, 9.17) is 0 Å². The molecule has 1 saturated carbocycles. The lowest BCUT2D eigenvalue weighted by molar-refractivity contribution is 0.0977. The van der Waals surface area contributed by atoms with Crippen LogP contribution < -0.4 is 4.90 Å². The van der Waals surface area contributed by atoms with Crippen LogP contribution in [0.2, 0.25) is 0 Å². The van der Waals surface area contributed by atoms with Crippen molar-refractivity contribution in [1.82, 2.24) is 14.1 Å². The van der Waals surface area contributed by atoms with Crippen LogP contribution in [0.5, 0.6) is 0 Å². The molecule has 1 aliphatic carbocycles. The van der Waals surface area contributed by atoms with Gasteiger partial charge in [0.05, 0.1) is 0 Å². The van der Waals surface area contributed by atoms with E-state index in [9.17, 15) is 13.2 Å². The Bertz CT molecular complexity index is 1140. The van der Waals surface area contributed by atoms with Gasteiger partial charge in [-0.1, -0.05) is 43.4 Å². The van der Waals surface area contributed by atoms with Crippen LogP contribution in [0, 0.1) is 6.92 Å². The average molecular weight is 457 g/mol. The molecule has 172 valence electrons. The molecule has 2 aromatic rings. The number of aromatic nitrogens is 2. The van der Waals surface area contributed by atoms with Crippen molar-refractivity contribution in [1.29, 1.82) is 0 Å². The first-order valence-electron chi connectivity index (χ1n) is 11.8. The Balaban J connectivity index is 1.48. The number of amides is 1. The van der Waals surface area contributed by atoms with Crippen LogP contribution in [0.3, 0.4) is 0 Å². The molecule has 32 heavy (non-hydrogen) atoms. The smallest absolute Gasteiger partial charge is 0.278 e. The summed E-state index contributed by atoms with van der Waals surface area (Å²) in [5.74, 6) is -0.215. The number of rotatable bonds is 3. The van der Waals surface area contributed by atoms with Crippen LogP contribution in [0.1, 0.15) is 73.0 Å². The second-order valence-corrected chi connectivity index (χ2v) is 11.6. The molecular weight excluding hydrogens is 424 g/mol. The molecule has 8 heteroatoms. The predicted molar refractivity (Wildman–Crippen MR) is 123 cm³/mol. The van der Waals surface area contributed by atoms with Crippen molar-refractivity contribution < 1.29 is 13.2 Å². The van der Waals surface area contributed by atoms with Gasteiger partial charge in [-0.2, -0.15) is 9.40 Å². The number of aryl methyl sites for hydroxylation is 2. The highest BCUT2D eigenvalue weighted by Crippen LogP contribution is 2.49. The van der Waals surface area contributed by atoms with Crippen LogP contribution in [0.4, 0.5) is 5.69 Å². The minimum Gasteiger partial charge on any atom is -0.306 e. The van der Waals surface area contributed by atoms with Gasteiger partial charge in [0.2, 0.25) is 0 Å². The van der Waals surface area contributed by atoms with E-state index in [0.29, 0.717) is 19.6 Å². The molecule has 2 aliphatic heterocycles. The van der Waals surface area contributed by atoms with Gasteiger partial charge in [0.1, 0.15) is 0 Å². The zero-order valence-corrected chi connectivity index (χ0v) is 19.8. The molecule has 1 saturated heterocycles. The third-order valence-electron chi connectivity index (χ3n) is 7.51. The summed E-state index contributed by atoms with van der Waals surface area (Å²) in [4.78, 5) is 15.5. The summed E-state index contributed by atoms with van der Waals surface area (Å²) in [6.07, 6.45) is 8.57. The molecule has 1 aromatic carbocycles. The lowest BCUT2D eigenvalue weighted by atomic mass is 9.70. The quantitative estimate of drug-likeness (QED) is 0.705. The van der Waals surface area contributed by atoms with E-state index < -0.39 is 10.0 Å². The number of hydrogen-bond donors (Lipinski definition) is 0. The molecule has 1 spiro atoms. The molecule has 1 aromatic heterocycles. The minimum atomic E-state index is -3.66. The second-order valence-electron chi connectivity index (χ2n) is 9.71. The second kappa shape index (κ2) is 7.99. The average Bonchev–Trinajstić information content (AvgIpc) is 3.33. The lowest BCUT2D eigenvalue weighted by Crippen LogP contribution is -2.38. The highest BCUT2D eigenvalue weighted by atomic mass is 32.2. The van der Waals surface area contributed by atoms with E-state index in [2.05, 4.69) is 18.1 Å². The van der Waals surface area contributed by atoms with Gasteiger partial charge in [-0.15, -0.1) is 0 Å². The molecule has 0 N–H and O–H groups in total. The van der Waals surface area contributed by atoms with E-state index in [1.807, 2.05) is 17.0 Å². The van der Waals surface area contributed by atoms with Gasteiger partial charge in [-0.25, -0.2) is 8.42 Å². The summed E-state index contributed by atoms with van der Waals surface area (Å²) in [6.45, 7) is 3.80. The van der Waals surface area contributed by atoms with Crippen molar-refractivity contribution in [3.05, 3.63) is 41.1 Å². The fraction of sp³-hybridized carbons (Fsp3) is 0.583. The monoisotopic (exact) mass is 456 g/mol. The minimum absolute atomic E-state index is 0.00670. The molecule has 0 atom stereocenters. The van der Waals surface area contributed by atoms with Gasteiger partial charge in [-0.3, -0.25) is 9.48 Å². The first-order valence-corrected chi connectivity index (χ1v) is 13.2. The Morgan fingerprint density at radius 1 is 1.00 bits per heavy atom. The van der Waals surface area contributed by atoms with Crippen molar-refractivity contribution in [3.63, 3.8) is 0 Å². The Morgan fingerprint density at radius 3 is 2.41 bits per heavy atom. The maximum atomic E-state index is 13.6. The van der Waals surface area contributed by atoms with Crippen LogP contribution in [-0.2, 0) is 22.5 Å². The lowest BCUT2D eigenvalue weighted by Gasteiger charge is -2.34. The predicted octanol–water partition coefficient (Wildman–Crippen LogP) is 3.77.